The number of pyridine rings is 1. The molecule has 0 bridgehead atoms. The number of aryl methyl sites for hydroxylation is 2. The predicted molar refractivity (Wildman–Crippen MR) is 104 cm³/mol. The Kier molecular flexibility index (Phi) is 5.94. The Labute approximate surface area is 152 Å². The molecule has 6 heteroatoms. The minimum atomic E-state index is 0.497. The third-order valence-electron chi connectivity index (χ3n) is 4.13. The van der Waals surface area contributed by atoms with Crippen LogP contribution in [0.1, 0.15) is 17.8 Å². The van der Waals surface area contributed by atoms with E-state index < -0.39 is 0 Å². The number of imidazole rings is 1. The number of nitrogens with two attached hydrogens (primary N) is 1. The number of fused-ring (bicyclic) bond motifs is 1. The van der Waals surface area contributed by atoms with E-state index in [1.165, 1.54) is 4.90 Å². The molecule has 3 aromatic rings. The van der Waals surface area contributed by atoms with Gasteiger partial charge in [0.05, 0.1) is 12.1 Å². The van der Waals surface area contributed by atoms with Crippen molar-refractivity contribution in [2.45, 2.75) is 31.2 Å². The van der Waals surface area contributed by atoms with E-state index in [0.717, 1.165) is 47.6 Å². The Morgan fingerprint density at radius 2 is 2.04 bits per heavy atom. The maximum Gasteiger partial charge on any atom is 0.151 e. The van der Waals surface area contributed by atoms with Gasteiger partial charge in [-0.15, -0.1) is 11.8 Å². The van der Waals surface area contributed by atoms with Gasteiger partial charge in [0, 0.05) is 31.2 Å². The summed E-state index contributed by atoms with van der Waals surface area (Å²) in [5.74, 6) is 2.58. The van der Waals surface area contributed by atoms with Crippen molar-refractivity contribution < 1.29 is 4.74 Å². The monoisotopic (exact) mass is 356 g/mol. The maximum atomic E-state index is 6.04. The molecule has 2 N–H and O–H groups in total. The number of benzene rings is 1. The SMILES string of the molecule is COCCc1nc2c(N)ncc(C)c2n1CCCSc1ccccc1. The number of thioether (sulfide) groups is 1. The van der Waals surface area contributed by atoms with Crippen LogP contribution in [-0.4, -0.2) is 34.0 Å². The largest absolute Gasteiger partial charge is 0.384 e. The molecule has 0 saturated carbocycles. The van der Waals surface area contributed by atoms with E-state index in [-0.39, 0.29) is 0 Å². The fourth-order valence-corrected chi connectivity index (χ4v) is 3.78. The standard InChI is InChI=1S/C19H24N4OS/c1-14-13-21-19(20)17-18(14)23(16(22-17)9-11-24-2)10-6-12-25-15-7-4-3-5-8-15/h3-5,7-8,13H,6,9-12H2,1-2H3,(H2,20,21). The molecule has 0 radical (unpaired) electrons. The summed E-state index contributed by atoms with van der Waals surface area (Å²) < 4.78 is 7.52. The summed E-state index contributed by atoms with van der Waals surface area (Å²) in [6.07, 6.45) is 3.66. The van der Waals surface area contributed by atoms with Crippen LogP contribution >= 0.6 is 11.8 Å². The smallest absolute Gasteiger partial charge is 0.151 e. The van der Waals surface area contributed by atoms with Gasteiger partial charge in [-0.3, -0.25) is 0 Å². The molecule has 2 aromatic heterocycles. The molecule has 0 saturated heterocycles. The zero-order chi connectivity index (χ0) is 17.6. The molecular weight excluding hydrogens is 332 g/mol. The van der Waals surface area contributed by atoms with Crippen LogP contribution in [0.3, 0.4) is 0 Å². The molecule has 0 amide bonds. The minimum absolute atomic E-state index is 0.497. The Balaban J connectivity index is 1.77. The second kappa shape index (κ2) is 8.36. The number of anilines is 1. The van der Waals surface area contributed by atoms with Crippen molar-refractivity contribution in [1.29, 1.82) is 0 Å². The number of ether oxygens (including phenoxy) is 1. The quantitative estimate of drug-likeness (QED) is 0.492. The van der Waals surface area contributed by atoms with Crippen LogP contribution in [0.25, 0.3) is 11.0 Å². The van der Waals surface area contributed by atoms with Crippen LogP contribution in [0, 0.1) is 6.92 Å². The zero-order valence-electron chi connectivity index (χ0n) is 14.7. The van der Waals surface area contributed by atoms with E-state index in [1.807, 2.05) is 24.0 Å². The number of aromatic nitrogens is 3. The molecule has 0 aliphatic heterocycles. The lowest BCUT2D eigenvalue weighted by Gasteiger charge is -2.10. The highest BCUT2D eigenvalue weighted by Gasteiger charge is 2.15. The molecule has 0 aliphatic rings. The van der Waals surface area contributed by atoms with Crippen molar-refractivity contribution in [3.05, 3.63) is 47.9 Å². The predicted octanol–water partition coefficient (Wildman–Crippen LogP) is 3.69. The molecule has 0 atom stereocenters. The van der Waals surface area contributed by atoms with Crippen LogP contribution in [0.4, 0.5) is 5.82 Å². The van der Waals surface area contributed by atoms with Crippen LogP contribution in [0.15, 0.2) is 41.4 Å². The summed E-state index contributed by atoms with van der Waals surface area (Å²) in [6.45, 7) is 3.62. The number of hydrogen-bond donors (Lipinski definition) is 1. The summed E-state index contributed by atoms with van der Waals surface area (Å²) >= 11 is 1.88. The van der Waals surface area contributed by atoms with E-state index in [4.69, 9.17) is 15.5 Å². The molecule has 0 fully saturated rings. The fourth-order valence-electron chi connectivity index (χ4n) is 2.92. The van der Waals surface area contributed by atoms with Crippen LogP contribution in [0.5, 0.6) is 0 Å². The van der Waals surface area contributed by atoms with Crippen molar-refractivity contribution >= 4 is 28.6 Å². The van der Waals surface area contributed by atoms with Gasteiger partial charge in [-0.1, -0.05) is 18.2 Å². The minimum Gasteiger partial charge on any atom is -0.384 e. The molecule has 0 spiro atoms. The molecule has 0 aliphatic carbocycles. The maximum absolute atomic E-state index is 6.04. The lowest BCUT2D eigenvalue weighted by atomic mass is 10.2. The van der Waals surface area contributed by atoms with E-state index >= 15 is 0 Å². The van der Waals surface area contributed by atoms with Gasteiger partial charge in [0.15, 0.2) is 5.82 Å². The second-order valence-electron chi connectivity index (χ2n) is 5.96. The number of nitrogen functional groups attached to an aromatic ring is 1. The lowest BCUT2D eigenvalue weighted by molar-refractivity contribution is 0.199. The van der Waals surface area contributed by atoms with Gasteiger partial charge in [-0.05, 0) is 36.8 Å². The summed E-state index contributed by atoms with van der Waals surface area (Å²) in [7, 11) is 1.71. The fraction of sp³-hybridized carbons (Fsp3) is 0.368. The van der Waals surface area contributed by atoms with E-state index in [0.29, 0.717) is 12.4 Å². The van der Waals surface area contributed by atoms with Gasteiger partial charge < -0.3 is 15.0 Å². The van der Waals surface area contributed by atoms with Gasteiger partial charge in [0.2, 0.25) is 0 Å². The van der Waals surface area contributed by atoms with Crippen molar-refractivity contribution in [3.63, 3.8) is 0 Å². The first-order chi connectivity index (χ1) is 12.2. The highest BCUT2D eigenvalue weighted by Crippen LogP contribution is 2.25. The summed E-state index contributed by atoms with van der Waals surface area (Å²) in [4.78, 5) is 10.3. The second-order valence-corrected chi connectivity index (χ2v) is 7.13. The molecule has 132 valence electrons. The van der Waals surface area contributed by atoms with Crippen LogP contribution < -0.4 is 5.73 Å². The number of rotatable bonds is 8. The first kappa shape index (κ1) is 17.8. The first-order valence-corrected chi connectivity index (χ1v) is 9.46. The molecular formula is C19H24N4OS. The van der Waals surface area contributed by atoms with Gasteiger partial charge in [0.1, 0.15) is 11.3 Å². The molecule has 25 heavy (non-hydrogen) atoms. The Morgan fingerprint density at radius 1 is 1.24 bits per heavy atom. The van der Waals surface area contributed by atoms with Crippen LogP contribution in [0.2, 0.25) is 0 Å². The van der Waals surface area contributed by atoms with Gasteiger partial charge in [-0.2, -0.15) is 0 Å². The van der Waals surface area contributed by atoms with Crippen molar-refractivity contribution in [1.82, 2.24) is 14.5 Å². The van der Waals surface area contributed by atoms with Gasteiger partial charge in [-0.25, -0.2) is 9.97 Å². The Bertz CT molecular complexity index is 832. The van der Waals surface area contributed by atoms with Gasteiger partial charge in [0.25, 0.3) is 0 Å². The molecule has 0 unspecified atom stereocenters. The van der Waals surface area contributed by atoms with E-state index in [9.17, 15) is 0 Å². The normalized spacial score (nSPS) is 11.3. The molecule has 3 rings (SSSR count). The summed E-state index contributed by atoms with van der Waals surface area (Å²) in [5, 5.41) is 0. The number of nitrogens with zero attached hydrogens (tertiary/aromatic N) is 3. The zero-order valence-corrected chi connectivity index (χ0v) is 15.6. The topological polar surface area (TPSA) is 66.0 Å². The average molecular weight is 356 g/mol. The third kappa shape index (κ3) is 4.14. The van der Waals surface area contributed by atoms with Gasteiger partial charge >= 0.3 is 0 Å². The molecule has 2 heterocycles. The Morgan fingerprint density at radius 3 is 2.80 bits per heavy atom. The average Bonchev–Trinajstić information content (AvgIpc) is 3.01. The van der Waals surface area contributed by atoms with Crippen LogP contribution in [-0.2, 0) is 17.7 Å². The number of hydrogen-bond acceptors (Lipinski definition) is 5. The highest BCUT2D eigenvalue weighted by molar-refractivity contribution is 7.99. The summed E-state index contributed by atoms with van der Waals surface area (Å²) in [6, 6.07) is 10.5. The van der Waals surface area contributed by atoms with Crippen molar-refractivity contribution in [2.75, 3.05) is 25.2 Å². The third-order valence-corrected chi connectivity index (χ3v) is 5.23. The Hall–Kier alpha value is -2.05. The highest BCUT2D eigenvalue weighted by atomic mass is 32.2. The number of methoxy groups -OCH3 is 1. The molecule has 1 aromatic carbocycles. The summed E-state index contributed by atoms with van der Waals surface area (Å²) in [5.41, 5.74) is 9.06. The first-order valence-electron chi connectivity index (χ1n) is 8.47. The molecule has 5 nitrogen and oxygen atoms in total. The van der Waals surface area contributed by atoms with Crippen molar-refractivity contribution in [2.24, 2.45) is 0 Å². The van der Waals surface area contributed by atoms with E-state index in [2.05, 4.69) is 40.7 Å². The van der Waals surface area contributed by atoms with E-state index in [1.54, 1.807) is 7.11 Å². The lowest BCUT2D eigenvalue weighted by Crippen LogP contribution is -2.08. The van der Waals surface area contributed by atoms with Crippen molar-refractivity contribution in [3.8, 4) is 0 Å².